The fraction of sp³-hybridized carbons (Fsp3) is 0.727. The van der Waals surface area contributed by atoms with E-state index in [1.807, 2.05) is 26.6 Å². The maximum absolute atomic E-state index is 11.5. The minimum absolute atomic E-state index is 0.155. The second kappa shape index (κ2) is 5.68. The Hall–Kier alpha value is -0.556. The molecule has 0 fully saturated rings. The maximum Gasteiger partial charge on any atom is 0.296 e. The number of hydrogen-bond donors (Lipinski definition) is 0. The van der Waals surface area contributed by atoms with E-state index in [0.717, 1.165) is 5.76 Å². The summed E-state index contributed by atoms with van der Waals surface area (Å²) in [6.45, 7) is 14.2. The molecule has 0 unspecified atom stereocenters. The molecular formula is C11H24O3Si2. The van der Waals surface area contributed by atoms with Crippen LogP contribution >= 0.6 is 0 Å². The quantitative estimate of drug-likeness (QED) is 0.560. The van der Waals surface area contributed by atoms with Gasteiger partial charge in [0.1, 0.15) is 0 Å². The molecular weight excluding hydrogens is 236 g/mol. The molecule has 0 atom stereocenters. The summed E-state index contributed by atoms with van der Waals surface area (Å²) < 4.78 is 11.1. The van der Waals surface area contributed by atoms with Crippen LogP contribution in [0.25, 0.3) is 0 Å². The largest absolute Gasteiger partial charge is 0.548 e. The molecule has 0 N–H and O–H groups in total. The van der Waals surface area contributed by atoms with E-state index in [-0.39, 0.29) is 5.97 Å². The Morgan fingerprint density at radius 2 is 1.44 bits per heavy atom. The van der Waals surface area contributed by atoms with Gasteiger partial charge in [-0.1, -0.05) is 0 Å². The van der Waals surface area contributed by atoms with Crippen molar-refractivity contribution >= 4 is 22.6 Å². The molecule has 0 saturated carbocycles. The Bertz CT molecular complexity index is 272. The van der Waals surface area contributed by atoms with Crippen molar-refractivity contribution in [1.29, 1.82) is 0 Å². The number of carbonyl (C=O) groups is 1. The molecule has 16 heavy (non-hydrogen) atoms. The van der Waals surface area contributed by atoms with Crippen molar-refractivity contribution in [1.82, 2.24) is 0 Å². The standard InChI is InChI=1S/C11H24O3Si2/c1-10(13-15(2,3)4)8-9-11(12)14-16(5,6)7/h8H,9H2,1-7H3/b10-8-. The third-order valence-electron chi connectivity index (χ3n) is 1.44. The van der Waals surface area contributed by atoms with Crippen LogP contribution in [0.3, 0.4) is 0 Å². The van der Waals surface area contributed by atoms with Crippen LogP contribution in [0.2, 0.25) is 39.3 Å². The first-order valence-corrected chi connectivity index (χ1v) is 12.4. The van der Waals surface area contributed by atoms with Crippen LogP contribution in [0.5, 0.6) is 0 Å². The topological polar surface area (TPSA) is 35.5 Å². The molecule has 0 spiro atoms. The van der Waals surface area contributed by atoms with Gasteiger partial charge >= 0.3 is 0 Å². The predicted octanol–water partition coefficient (Wildman–Crippen LogP) is 3.51. The van der Waals surface area contributed by atoms with Crippen LogP contribution in [0.15, 0.2) is 11.8 Å². The Balaban J connectivity index is 4.13. The summed E-state index contributed by atoms with van der Waals surface area (Å²) >= 11 is 0. The van der Waals surface area contributed by atoms with Gasteiger partial charge in [-0.2, -0.15) is 0 Å². The Kier molecular flexibility index (Phi) is 5.48. The molecule has 0 amide bonds. The van der Waals surface area contributed by atoms with Gasteiger partial charge in [0, 0.05) is 0 Å². The van der Waals surface area contributed by atoms with Crippen molar-refractivity contribution in [3.05, 3.63) is 11.8 Å². The molecule has 3 nitrogen and oxygen atoms in total. The zero-order valence-corrected chi connectivity index (χ0v) is 13.5. The summed E-state index contributed by atoms with van der Waals surface area (Å²) in [5.74, 6) is 0.671. The van der Waals surface area contributed by atoms with Gasteiger partial charge < -0.3 is 8.85 Å². The Morgan fingerprint density at radius 1 is 1.00 bits per heavy atom. The average molecular weight is 260 g/mol. The molecule has 5 heteroatoms. The molecule has 0 aliphatic rings. The third kappa shape index (κ3) is 9.98. The van der Waals surface area contributed by atoms with Crippen molar-refractivity contribution in [2.45, 2.75) is 52.6 Å². The molecule has 0 aromatic rings. The first-order chi connectivity index (χ1) is 6.99. The summed E-state index contributed by atoms with van der Waals surface area (Å²) in [5, 5.41) is 0. The lowest BCUT2D eigenvalue weighted by Gasteiger charge is -2.20. The smallest absolute Gasteiger partial charge is 0.296 e. The highest BCUT2D eigenvalue weighted by molar-refractivity contribution is 6.71. The van der Waals surface area contributed by atoms with Crippen LogP contribution in [0.1, 0.15) is 13.3 Å². The minimum atomic E-state index is -1.75. The minimum Gasteiger partial charge on any atom is -0.548 e. The van der Waals surface area contributed by atoms with E-state index in [2.05, 4.69) is 19.6 Å². The summed E-state index contributed by atoms with van der Waals surface area (Å²) in [6.07, 6.45) is 2.11. The molecule has 0 saturated heterocycles. The summed E-state index contributed by atoms with van der Waals surface area (Å²) in [5.41, 5.74) is 0. The van der Waals surface area contributed by atoms with E-state index in [0.29, 0.717) is 6.42 Å². The lowest BCUT2D eigenvalue weighted by molar-refractivity contribution is -0.134. The molecule has 0 rings (SSSR count). The monoisotopic (exact) mass is 260 g/mol. The number of rotatable bonds is 5. The molecule has 0 aromatic carbocycles. The number of hydrogen-bond acceptors (Lipinski definition) is 3. The molecule has 0 radical (unpaired) electrons. The van der Waals surface area contributed by atoms with E-state index >= 15 is 0 Å². The van der Waals surface area contributed by atoms with Gasteiger partial charge in [0.15, 0.2) is 0 Å². The first kappa shape index (κ1) is 15.4. The van der Waals surface area contributed by atoms with E-state index in [9.17, 15) is 4.79 Å². The van der Waals surface area contributed by atoms with Crippen molar-refractivity contribution < 1.29 is 13.6 Å². The lowest BCUT2D eigenvalue weighted by Crippen LogP contribution is -2.29. The molecule has 0 bridgehead atoms. The van der Waals surface area contributed by atoms with Crippen LogP contribution in [0, 0.1) is 0 Å². The summed E-state index contributed by atoms with van der Waals surface area (Å²) in [7, 11) is -3.30. The van der Waals surface area contributed by atoms with Crippen molar-refractivity contribution in [2.24, 2.45) is 0 Å². The van der Waals surface area contributed by atoms with Crippen molar-refractivity contribution in [3.8, 4) is 0 Å². The average Bonchev–Trinajstić information content (AvgIpc) is 1.94. The molecule has 94 valence electrons. The molecule has 0 aliphatic heterocycles. The van der Waals surface area contributed by atoms with E-state index < -0.39 is 16.6 Å². The highest BCUT2D eigenvalue weighted by atomic mass is 28.4. The van der Waals surface area contributed by atoms with E-state index in [4.69, 9.17) is 8.85 Å². The molecule has 0 heterocycles. The third-order valence-corrected chi connectivity index (χ3v) is 3.22. The van der Waals surface area contributed by atoms with Crippen LogP contribution in [0.4, 0.5) is 0 Å². The first-order valence-electron chi connectivity index (χ1n) is 5.57. The van der Waals surface area contributed by atoms with Gasteiger partial charge in [-0.15, -0.1) is 0 Å². The van der Waals surface area contributed by atoms with Crippen LogP contribution in [-0.2, 0) is 13.6 Å². The number of allylic oxidation sites excluding steroid dienone is 1. The van der Waals surface area contributed by atoms with Crippen molar-refractivity contribution in [3.63, 3.8) is 0 Å². The van der Waals surface area contributed by atoms with Gasteiger partial charge in [-0.05, 0) is 52.3 Å². The van der Waals surface area contributed by atoms with Crippen LogP contribution < -0.4 is 0 Å². The normalized spacial score (nSPS) is 13.6. The van der Waals surface area contributed by atoms with Gasteiger partial charge in [0.2, 0.25) is 16.6 Å². The van der Waals surface area contributed by atoms with Gasteiger partial charge in [0.25, 0.3) is 5.97 Å². The van der Waals surface area contributed by atoms with Crippen molar-refractivity contribution in [2.75, 3.05) is 0 Å². The maximum atomic E-state index is 11.5. The Morgan fingerprint density at radius 3 is 1.81 bits per heavy atom. The summed E-state index contributed by atoms with van der Waals surface area (Å²) in [4.78, 5) is 11.5. The molecule has 0 aromatic heterocycles. The van der Waals surface area contributed by atoms with E-state index in [1.165, 1.54) is 0 Å². The van der Waals surface area contributed by atoms with Crippen LogP contribution in [-0.4, -0.2) is 22.6 Å². The Labute approximate surface area is 101 Å². The zero-order valence-electron chi connectivity index (χ0n) is 11.5. The predicted molar refractivity (Wildman–Crippen MR) is 72.2 cm³/mol. The second-order valence-electron chi connectivity index (χ2n) is 5.82. The summed E-state index contributed by atoms with van der Waals surface area (Å²) in [6, 6.07) is 0. The van der Waals surface area contributed by atoms with Gasteiger partial charge in [-0.3, -0.25) is 4.79 Å². The SMILES string of the molecule is C/C(=C/CC(=O)O[Si](C)(C)C)O[Si](C)(C)C. The fourth-order valence-corrected chi connectivity index (χ4v) is 2.95. The van der Waals surface area contributed by atoms with Gasteiger partial charge in [0.05, 0.1) is 12.2 Å². The van der Waals surface area contributed by atoms with Gasteiger partial charge in [-0.25, -0.2) is 0 Å². The zero-order chi connectivity index (χ0) is 13.0. The highest BCUT2D eigenvalue weighted by Gasteiger charge is 2.19. The highest BCUT2D eigenvalue weighted by Crippen LogP contribution is 2.11. The second-order valence-corrected chi connectivity index (χ2v) is 14.7. The van der Waals surface area contributed by atoms with E-state index in [1.54, 1.807) is 6.08 Å². The lowest BCUT2D eigenvalue weighted by atomic mass is 10.4. The molecule has 0 aliphatic carbocycles. The number of carbonyl (C=O) groups excluding carboxylic acids is 1. The fourth-order valence-electron chi connectivity index (χ4n) is 1.13.